The Morgan fingerprint density at radius 2 is 1.69 bits per heavy atom. The number of halogens is 1. The van der Waals surface area contributed by atoms with Gasteiger partial charge in [0.25, 0.3) is 0 Å². The smallest absolute Gasteiger partial charge is 0.204 e. The molecule has 0 unspecified atom stereocenters. The maximum Gasteiger partial charge on any atom is 0.204 e. The van der Waals surface area contributed by atoms with Gasteiger partial charge < -0.3 is 4.72 Å². The molecule has 0 spiro atoms. The van der Waals surface area contributed by atoms with Crippen LogP contribution in [0.2, 0.25) is 0 Å². The zero-order chi connectivity index (χ0) is 17.8. The molecule has 128 valence electrons. The van der Waals surface area contributed by atoms with Crippen molar-refractivity contribution in [3.05, 3.63) is 78.6 Å². The van der Waals surface area contributed by atoms with Crippen LogP contribution in [-0.2, 0) is 0 Å². The molecule has 4 rings (SSSR count). The fraction of sp³-hybridized carbons (Fsp3) is 0. The van der Waals surface area contributed by atoms with Crippen LogP contribution in [0.15, 0.2) is 77.7 Å². The van der Waals surface area contributed by atoms with Gasteiger partial charge >= 0.3 is 0 Å². The van der Waals surface area contributed by atoms with Crippen molar-refractivity contribution in [2.75, 3.05) is 4.72 Å². The van der Waals surface area contributed by atoms with E-state index in [2.05, 4.69) is 25.3 Å². The lowest BCUT2D eigenvalue weighted by Gasteiger charge is -2.10. The third-order valence-electron chi connectivity index (χ3n) is 3.79. The van der Waals surface area contributed by atoms with Gasteiger partial charge in [0.05, 0.1) is 5.69 Å². The molecule has 0 saturated carbocycles. The van der Waals surface area contributed by atoms with Crippen molar-refractivity contribution in [2.24, 2.45) is 0 Å². The molecular formula is C19H14FN5S. The SMILES string of the molecule is Fc1ccc(-c2ccccc2)cc1NSc1cccc(-c2nn[nH]n2)c1. The van der Waals surface area contributed by atoms with Crippen LogP contribution in [0.5, 0.6) is 0 Å². The van der Waals surface area contributed by atoms with E-state index < -0.39 is 0 Å². The molecule has 2 N–H and O–H groups in total. The zero-order valence-electron chi connectivity index (χ0n) is 13.6. The number of H-pyrrole nitrogens is 1. The Morgan fingerprint density at radius 1 is 0.846 bits per heavy atom. The van der Waals surface area contributed by atoms with Crippen LogP contribution in [0.1, 0.15) is 0 Å². The van der Waals surface area contributed by atoms with Crippen molar-refractivity contribution < 1.29 is 4.39 Å². The fourth-order valence-electron chi connectivity index (χ4n) is 2.51. The highest BCUT2D eigenvalue weighted by Crippen LogP contribution is 2.29. The summed E-state index contributed by atoms with van der Waals surface area (Å²) in [7, 11) is 0. The second kappa shape index (κ2) is 7.37. The first-order valence-corrected chi connectivity index (χ1v) is 8.73. The standard InChI is InChI=1S/C19H14FN5S/c20-17-10-9-14(13-5-2-1-3-6-13)12-18(17)23-26-16-8-4-7-15(11-16)19-21-24-25-22-19/h1-12,23H,(H,21,22,24,25). The predicted octanol–water partition coefficient (Wildman–Crippen LogP) is 4.79. The summed E-state index contributed by atoms with van der Waals surface area (Å²) in [5.41, 5.74) is 3.26. The lowest BCUT2D eigenvalue weighted by molar-refractivity contribution is 0.633. The summed E-state index contributed by atoms with van der Waals surface area (Å²) in [6.07, 6.45) is 0. The Kier molecular flexibility index (Phi) is 4.61. The third kappa shape index (κ3) is 3.57. The van der Waals surface area contributed by atoms with Gasteiger partial charge in [-0.15, -0.1) is 10.2 Å². The van der Waals surface area contributed by atoms with Crippen molar-refractivity contribution in [2.45, 2.75) is 4.90 Å². The molecule has 0 fully saturated rings. The Hall–Kier alpha value is -3.19. The first kappa shape index (κ1) is 16.3. The second-order valence-electron chi connectivity index (χ2n) is 5.53. The monoisotopic (exact) mass is 363 g/mol. The average molecular weight is 363 g/mol. The molecule has 0 bridgehead atoms. The molecule has 0 aliphatic heterocycles. The normalized spacial score (nSPS) is 10.7. The van der Waals surface area contributed by atoms with E-state index >= 15 is 0 Å². The van der Waals surface area contributed by atoms with E-state index in [4.69, 9.17) is 0 Å². The van der Waals surface area contributed by atoms with Crippen molar-refractivity contribution in [3.63, 3.8) is 0 Å². The van der Waals surface area contributed by atoms with Gasteiger partial charge in [0.1, 0.15) is 5.82 Å². The van der Waals surface area contributed by atoms with Crippen LogP contribution in [0.3, 0.4) is 0 Å². The Morgan fingerprint density at radius 3 is 2.50 bits per heavy atom. The number of nitrogens with one attached hydrogen (secondary N) is 2. The lowest BCUT2D eigenvalue weighted by Crippen LogP contribution is -1.92. The average Bonchev–Trinajstić information content (AvgIpc) is 3.23. The second-order valence-corrected chi connectivity index (χ2v) is 6.41. The summed E-state index contributed by atoms with van der Waals surface area (Å²) < 4.78 is 17.3. The Bertz CT molecular complexity index is 1010. The molecule has 26 heavy (non-hydrogen) atoms. The summed E-state index contributed by atoms with van der Waals surface area (Å²) in [5.74, 6) is 0.219. The van der Waals surface area contributed by atoms with E-state index in [1.807, 2.05) is 54.6 Å². The number of benzene rings is 3. The van der Waals surface area contributed by atoms with Gasteiger partial charge in [-0.25, -0.2) is 4.39 Å². The number of aromatic amines is 1. The fourth-order valence-corrected chi connectivity index (χ4v) is 3.23. The quantitative estimate of drug-likeness (QED) is 0.499. The highest BCUT2D eigenvalue weighted by molar-refractivity contribution is 8.00. The first-order valence-electron chi connectivity index (χ1n) is 7.91. The van der Waals surface area contributed by atoms with Gasteiger partial charge in [0, 0.05) is 10.5 Å². The van der Waals surface area contributed by atoms with Crippen molar-refractivity contribution in [1.82, 2.24) is 20.6 Å². The van der Waals surface area contributed by atoms with Crippen LogP contribution in [0, 0.1) is 5.82 Å². The minimum absolute atomic E-state index is 0.300. The number of hydrogen-bond acceptors (Lipinski definition) is 5. The molecule has 0 atom stereocenters. The van der Waals surface area contributed by atoms with Gasteiger partial charge in [0.2, 0.25) is 5.82 Å². The third-order valence-corrected chi connectivity index (χ3v) is 4.60. The van der Waals surface area contributed by atoms with Crippen molar-refractivity contribution in [3.8, 4) is 22.5 Å². The van der Waals surface area contributed by atoms with E-state index in [1.165, 1.54) is 18.0 Å². The van der Waals surface area contributed by atoms with Gasteiger partial charge in [-0.2, -0.15) is 5.21 Å². The predicted molar refractivity (Wildman–Crippen MR) is 101 cm³/mol. The number of aromatic nitrogens is 4. The summed E-state index contributed by atoms with van der Waals surface area (Å²) in [6.45, 7) is 0. The lowest BCUT2D eigenvalue weighted by atomic mass is 10.1. The minimum atomic E-state index is -0.300. The molecule has 0 saturated heterocycles. The van der Waals surface area contributed by atoms with Crippen LogP contribution in [0.25, 0.3) is 22.5 Å². The highest BCUT2D eigenvalue weighted by atomic mass is 32.2. The number of tetrazole rings is 1. The van der Waals surface area contributed by atoms with E-state index in [0.717, 1.165) is 21.6 Å². The van der Waals surface area contributed by atoms with Crippen molar-refractivity contribution >= 4 is 17.6 Å². The number of hydrogen-bond donors (Lipinski definition) is 2. The number of anilines is 1. The molecular weight excluding hydrogens is 349 g/mol. The Balaban J connectivity index is 1.54. The summed E-state index contributed by atoms with van der Waals surface area (Å²) in [5, 5.41) is 13.9. The number of rotatable bonds is 5. The molecule has 0 aliphatic carbocycles. The maximum absolute atomic E-state index is 14.2. The van der Waals surface area contributed by atoms with Gasteiger partial charge in [0.15, 0.2) is 0 Å². The molecule has 0 amide bonds. The van der Waals surface area contributed by atoms with Gasteiger partial charge in [-0.05, 0) is 52.6 Å². The van der Waals surface area contributed by atoms with Crippen LogP contribution >= 0.6 is 11.9 Å². The number of nitrogens with zero attached hydrogens (tertiary/aromatic N) is 3. The van der Waals surface area contributed by atoms with E-state index in [-0.39, 0.29) is 5.82 Å². The summed E-state index contributed by atoms with van der Waals surface area (Å²) in [4.78, 5) is 0.914. The molecule has 1 heterocycles. The summed E-state index contributed by atoms with van der Waals surface area (Å²) >= 11 is 1.33. The van der Waals surface area contributed by atoms with Crippen LogP contribution in [0.4, 0.5) is 10.1 Å². The molecule has 5 nitrogen and oxygen atoms in total. The van der Waals surface area contributed by atoms with E-state index in [1.54, 1.807) is 12.1 Å². The molecule has 3 aromatic carbocycles. The summed E-state index contributed by atoms with van der Waals surface area (Å²) in [6, 6.07) is 22.6. The molecule has 4 aromatic rings. The van der Waals surface area contributed by atoms with Gasteiger partial charge in [-0.3, -0.25) is 0 Å². The van der Waals surface area contributed by atoms with Gasteiger partial charge in [-0.1, -0.05) is 48.5 Å². The molecule has 7 heteroatoms. The zero-order valence-corrected chi connectivity index (χ0v) is 14.4. The largest absolute Gasteiger partial charge is 0.323 e. The van der Waals surface area contributed by atoms with E-state index in [9.17, 15) is 4.39 Å². The highest BCUT2D eigenvalue weighted by Gasteiger charge is 2.07. The minimum Gasteiger partial charge on any atom is -0.323 e. The molecule has 0 aliphatic rings. The van der Waals surface area contributed by atoms with Crippen LogP contribution in [-0.4, -0.2) is 20.6 Å². The van der Waals surface area contributed by atoms with Crippen molar-refractivity contribution in [1.29, 1.82) is 0 Å². The molecule has 1 aromatic heterocycles. The maximum atomic E-state index is 14.2. The van der Waals surface area contributed by atoms with Crippen LogP contribution < -0.4 is 4.72 Å². The molecule has 0 radical (unpaired) electrons. The van der Waals surface area contributed by atoms with E-state index in [0.29, 0.717) is 11.5 Å². The topological polar surface area (TPSA) is 66.5 Å². The Labute approximate surface area is 153 Å². The first-order chi connectivity index (χ1) is 12.8.